The Morgan fingerprint density at radius 1 is 0.490 bits per heavy atom. The summed E-state index contributed by atoms with van der Waals surface area (Å²) in [6, 6.07) is 48.4. The summed E-state index contributed by atoms with van der Waals surface area (Å²) in [5.74, 6) is 0.832. The van der Waals surface area contributed by atoms with Gasteiger partial charge in [-0.15, -0.1) is 0 Å². The van der Waals surface area contributed by atoms with Crippen LogP contribution in [-0.4, -0.2) is 5.11 Å². The lowest BCUT2D eigenvalue weighted by Gasteiger charge is -2.16. The van der Waals surface area contributed by atoms with Crippen LogP contribution in [0.15, 0.2) is 161 Å². The number of ether oxygens (including phenoxy) is 3. The minimum atomic E-state index is -0.582. The SMILES string of the molecule is O=c1c(O)c(-c2ccc(OCc3ccccc3)c(OCc3ccccc3)c2)oc2cc(Cc3ccccc3)cc(OCc3ccccc3)c12. The van der Waals surface area contributed by atoms with Gasteiger partial charge >= 0.3 is 0 Å². The van der Waals surface area contributed by atoms with Gasteiger partial charge in [0.15, 0.2) is 17.3 Å². The number of benzene rings is 6. The lowest BCUT2D eigenvalue weighted by Crippen LogP contribution is -2.07. The zero-order valence-electron chi connectivity index (χ0n) is 26.8. The van der Waals surface area contributed by atoms with E-state index in [2.05, 4.69) is 0 Å². The monoisotopic (exact) mass is 646 g/mol. The number of aromatic hydroxyl groups is 1. The zero-order chi connectivity index (χ0) is 33.4. The van der Waals surface area contributed by atoms with Gasteiger partial charge in [0.05, 0.1) is 0 Å². The van der Waals surface area contributed by atoms with Gasteiger partial charge in [0, 0.05) is 5.56 Å². The molecule has 242 valence electrons. The lowest BCUT2D eigenvalue weighted by molar-refractivity contribution is 0.256. The summed E-state index contributed by atoms with van der Waals surface area (Å²) in [7, 11) is 0. The molecule has 6 aromatic carbocycles. The van der Waals surface area contributed by atoms with Crippen LogP contribution < -0.4 is 19.6 Å². The molecule has 0 aliphatic rings. The highest BCUT2D eigenvalue weighted by atomic mass is 16.5. The molecule has 7 aromatic rings. The molecule has 0 aliphatic heterocycles. The largest absolute Gasteiger partial charge is 0.502 e. The Morgan fingerprint density at radius 2 is 0.980 bits per heavy atom. The maximum absolute atomic E-state index is 13.9. The first-order valence-corrected chi connectivity index (χ1v) is 16.1. The van der Waals surface area contributed by atoms with Crippen molar-refractivity contribution >= 4 is 11.0 Å². The highest BCUT2D eigenvalue weighted by Crippen LogP contribution is 2.39. The Balaban J connectivity index is 1.28. The van der Waals surface area contributed by atoms with Crippen molar-refractivity contribution in [3.8, 4) is 34.3 Å². The number of hydrogen-bond acceptors (Lipinski definition) is 6. The van der Waals surface area contributed by atoms with Crippen LogP contribution in [0.3, 0.4) is 0 Å². The molecular weight excluding hydrogens is 612 g/mol. The molecule has 1 heterocycles. The molecule has 0 amide bonds. The molecule has 7 rings (SSSR count). The molecule has 0 spiro atoms. The second-order valence-corrected chi connectivity index (χ2v) is 11.7. The predicted molar refractivity (Wildman–Crippen MR) is 191 cm³/mol. The van der Waals surface area contributed by atoms with Crippen molar-refractivity contribution in [2.75, 3.05) is 0 Å². The summed E-state index contributed by atoms with van der Waals surface area (Å²) in [6.45, 7) is 0.887. The minimum Gasteiger partial charge on any atom is -0.502 e. The van der Waals surface area contributed by atoms with Crippen molar-refractivity contribution in [3.63, 3.8) is 0 Å². The molecule has 0 saturated carbocycles. The van der Waals surface area contributed by atoms with Crippen LogP contribution in [0.25, 0.3) is 22.3 Å². The summed E-state index contributed by atoms with van der Waals surface area (Å²) in [5, 5.41) is 11.5. The Labute approximate surface area is 284 Å². The third-order valence-electron chi connectivity index (χ3n) is 8.16. The van der Waals surface area contributed by atoms with Gasteiger partial charge < -0.3 is 23.7 Å². The smallest absolute Gasteiger partial charge is 0.238 e. The highest BCUT2D eigenvalue weighted by molar-refractivity contribution is 5.88. The summed E-state index contributed by atoms with van der Waals surface area (Å²) >= 11 is 0. The molecule has 1 N–H and O–H groups in total. The Kier molecular flexibility index (Phi) is 9.37. The van der Waals surface area contributed by atoms with Crippen LogP contribution in [0.1, 0.15) is 27.8 Å². The average molecular weight is 647 g/mol. The molecule has 6 nitrogen and oxygen atoms in total. The van der Waals surface area contributed by atoms with Gasteiger partial charge in [0.2, 0.25) is 11.2 Å². The van der Waals surface area contributed by atoms with E-state index in [9.17, 15) is 9.90 Å². The molecule has 0 bridgehead atoms. The van der Waals surface area contributed by atoms with Crippen LogP contribution in [-0.2, 0) is 26.2 Å². The van der Waals surface area contributed by atoms with E-state index < -0.39 is 11.2 Å². The fraction of sp³-hybridized carbons (Fsp3) is 0.0930. The molecule has 1 aromatic heterocycles. The third kappa shape index (κ3) is 7.50. The summed E-state index contributed by atoms with van der Waals surface area (Å²) in [5.41, 5.74) is 5.14. The first-order chi connectivity index (χ1) is 24.1. The zero-order valence-corrected chi connectivity index (χ0v) is 26.8. The van der Waals surface area contributed by atoms with Crippen molar-refractivity contribution in [2.45, 2.75) is 26.2 Å². The minimum absolute atomic E-state index is 0.0301. The standard InChI is InChI=1S/C43H34O6/c44-41-40-38(48-29-33-19-11-4-12-20-33)24-34(23-30-13-5-1-6-14-30)25-39(40)49-43(42(41)45)35-21-22-36(46-27-31-15-7-2-8-16-31)37(26-35)47-28-32-17-9-3-10-18-32/h1-22,24-26,45H,23,27-29H2. The Hall–Kier alpha value is -6.27. The third-order valence-corrected chi connectivity index (χ3v) is 8.16. The molecule has 6 heteroatoms. The van der Waals surface area contributed by atoms with Crippen LogP contribution in [0, 0.1) is 0 Å². The van der Waals surface area contributed by atoms with E-state index in [1.165, 1.54) is 0 Å². The quantitative estimate of drug-likeness (QED) is 0.143. The average Bonchev–Trinajstić information content (AvgIpc) is 3.15. The first-order valence-electron chi connectivity index (χ1n) is 16.1. The van der Waals surface area contributed by atoms with E-state index in [1.807, 2.05) is 133 Å². The molecule has 0 saturated heterocycles. The first kappa shape index (κ1) is 31.3. The Morgan fingerprint density at radius 3 is 1.53 bits per heavy atom. The van der Waals surface area contributed by atoms with E-state index in [4.69, 9.17) is 18.6 Å². The predicted octanol–water partition coefficient (Wildman–Crippen LogP) is 9.49. The Bertz CT molecular complexity index is 2210. The van der Waals surface area contributed by atoms with Gasteiger partial charge in [-0.3, -0.25) is 4.79 Å². The lowest BCUT2D eigenvalue weighted by atomic mass is 10.0. The maximum Gasteiger partial charge on any atom is 0.238 e. The molecule has 0 radical (unpaired) electrons. The highest BCUT2D eigenvalue weighted by Gasteiger charge is 2.21. The number of hydrogen-bond donors (Lipinski definition) is 1. The fourth-order valence-electron chi connectivity index (χ4n) is 5.66. The maximum atomic E-state index is 13.9. The molecule has 49 heavy (non-hydrogen) atoms. The fourth-order valence-corrected chi connectivity index (χ4v) is 5.66. The van der Waals surface area contributed by atoms with Crippen molar-refractivity contribution in [2.24, 2.45) is 0 Å². The van der Waals surface area contributed by atoms with Crippen molar-refractivity contribution in [1.82, 2.24) is 0 Å². The second kappa shape index (κ2) is 14.7. The summed E-state index contributed by atoms with van der Waals surface area (Å²) in [4.78, 5) is 13.9. The van der Waals surface area contributed by atoms with Crippen molar-refractivity contribution < 1.29 is 23.7 Å². The topological polar surface area (TPSA) is 78.1 Å². The van der Waals surface area contributed by atoms with E-state index in [-0.39, 0.29) is 17.8 Å². The van der Waals surface area contributed by atoms with Crippen LogP contribution in [0.2, 0.25) is 0 Å². The van der Waals surface area contributed by atoms with Gasteiger partial charge in [-0.1, -0.05) is 121 Å². The van der Waals surface area contributed by atoms with Gasteiger partial charge in [0.25, 0.3) is 0 Å². The normalized spacial score (nSPS) is 10.9. The second-order valence-electron chi connectivity index (χ2n) is 11.7. The van der Waals surface area contributed by atoms with Crippen molar-refractivity contribution in [3.05, 3.63) is 190 Å². The van der Waals surface area contributed by atoms with Gasteiger partial charge in [-0.05, 0) is 64.6 Å². The van der Waals surface area contributed by atoms with Crippen LogP contribution in [0.4, 0.5) is 0 Å². The molecule has 0 fully saturated rings. The van der Waals surface area contributed by atoms with Gasteiger partial charge in [-0.2, -0.15) is 0 Å². The molecule has 0 atom stereocenters. The van der Waals surface area contributed by atoms with Gasteiger partial charge in [-0.25, -0.2) is 0 Å². The molecule has 0 aliphatic carbocycles. The summed E-state index contributed by atoms with van der Waals surface area (Å²) < 4.78 is 25.1. The van der Waals surface area contributed by atoms with E-state index in [1.54, 1.807) is 18.2 Å². The van der Waals surface area contributed by atoms with Crippen LogP contribution >= 0.6 is 0 Å². The number of fused-ring (bicyclic) bond motifs is 1. The van der Waals surface area contributed by atoms with E-state index in [0.717, 1.165) is 27.8 Å². The van der Waals surface area contributed by atoms with Crippen molar-refractivity contribution in [1.29, 1.82) is 0 Å². The van der Waals surface area contributed by atoms with E-state index >= 15 is 0 Å². The summed E-state index contributed by atoms with van der Waals surface area (Å²) in [6.07, 6.45) is 0.601. The van der Waals surface area contributed by atoms with E-state index in [0.29, 0.717) is 48.0 Å². The molecule has 0 unspecified atom stereocenters. The van der Waals surface area contributed by atoms with Crippen LogP contribution in [0.5, 0.6) is 23.0 Å². The number of rotatable bonds is 12. The molecular formula is C43H34O6. The van der Waals surface area contributed by atoms with Gasteiger partial charge in [0.1, 0.15) is 36.5 Å².